The molecule has 1 aliphatic rings. The molecule has 1 aromatic rings. The fourth-order valence-corrected chi connectivity index (χ4v) is 2.52. The van der Waals surface area contributed by atoms with Gasteiger partial charge in [-0.1, -0.05) is 17.7 Å². The summed E-state index contributed by atoms with van der Waals surface area (Å²) in [6.07, 6.45) is 0. The molecular formula is C16H25Cl2NO3. The third kappa shape index (κ3) is 5.94. The predicted molar refractivity (Wildman–Crippen MR) is 91.7 cm³/mol. The summed E-state index contributed by atoms with van der Waals surface area (Å²) < 4.78 is 16.7. The Labute approximate surface area is 144 Å². The number of hydrogen-bond donors (Lipinski definition) is 0. The second-order valence-corrected chi connectivity index (χ2v) is 5.64. The van der Waals surface area contributed by atoms with Crippen LogP contribution in [0, 0.1) is 13.8 Å². The van der Waals surface area contributed by atoms with E-state index in [1.54, 1.807) is 0 Å². The molecular weight excluding hydrogens is 325 g/mol. The van der Waals surface area contributed by atoms with Crippen LogP contribution in [-0.4, -0.2) is 57.6 Å². The number of rotatable bonds is 7. The van der Waals surface area contributed by atoms with Gasteiger partial charge in [0, 0.05) is 19.6 Å². The van der Waals surface area contributed by atoms with E-state index >= 15 is 0 Å². The van der Waals surface area contributed by atoms with Gasteiger partial charge in [0.2, 0.25) is 0 Å². The van der Waals surface area contributed by atoms with Crippen molar-refractivity contribution in [2.24, 2.45) is 0 Å². The summed E-state index contributed by atoms with van der Waals surface area (Å²) in [5.41, 5.74) is 2.28. The number of nitrogens with zero attached hydrogens (tertiary/aromatic N) is 1. The summed E-state index contributed by atoms with van der Waals surface area (Å²) in [5, 5.41) is 0.659. The summed E-state index contributed by atoms with van der Waals surface area (Å²) in [4.78, 5) is 2.35. The standard InChI is InChI=1S/C16H24ClNO3.ClH/c1-13-3-4-15(17)16(14(13)2)21-12-11-20-10-7-18-5-8-19-9-6-18;/h3-4H,5-12H2,1-2H3;1H. The number of hydrogen-bond acceptors (Lipinski definition) is 4. The SMILES string of the molecule is Cc1ccc(Cl)c(OCCOCCN2CCOCC2)c1C.Cl. The summed E-state index contributed by atoms with van der Waals surface area (Å²) in [6.45, 7) is 10.5. The Bertz CT molecular complexity index is 451. The average Bonchev–Trinajstić information content (AvgIpc) is 2.51. The zero-order chi connectivity index (χ0) is 15.1. The second-order valence-electron chi connectivity index (χ2n) is 5.23. The van der Waals surface area contributed by atoms with Crippen molar-refractivity contribution in [1.29, 1.82) is 0 Å². The van der Waals surface area contributed by atoms with Gasteiger partial charge in [0.05, 0.1) is 31.5 Å². The Morgan fingerprint density at radius 1 is 1.14 bits per heavy atom. The summed E-state index contributed by atoms with van der Waals surface area (Å²) in [5.74, 6) is 0.772. The molecule has 0 spiro atoms. The van der Waals surface area contributed by atoms with E-state index in [2.05, 4.69) is 11.8 Å². The molecule has 0 aromatic heterocycles. The van der Waals surface area contributed by atoms with E-state index in [4.69, 9.17) is 25.8 Å². The fourth-order valence-electron chi connectivity index (χ4n) is 2.26. The lowest BCUT2D eigenvalue weighted by atomic mass is 10.1. The van der Waals surface area contributed by atoms with Crippen LogP contribution in [0.4, 0.5) is 0 Å². The monoisotopic (exact) mass is 349 g/mol. The van der Waals surface area contributed by atoms with Crippen molar-refractivity contribution in [3.63, 3.8) is 0 Å². The first-order chi connectivity index (χ1) is 10.2. The highest BCUT2D eigenvalue weighted by molar-refractivity contribution is 6.32. The Balaban J connectivity index is 0.00000242. The van der Waals surface area contributed by atoms with Crippen LogP contribution in [0.1, 0.15) is 11.1 Å². The predicted octanol–water partition coefficient (Wildman–Crippen LogP) is 3.11. The fraction of sp³-hybridized carbons (Fsp3) is 0.625. The molecule has 1 aliphatic heterocycles. The molecule has 0 N–H and O–H groups in total. The molecule has 2 rings (SSSR count). The molecule has 0 amide bonds. The van der Waals surface area contributed by atoms with E-state index in [-0.39, 0.29) is 12.4 Å². The zero-order valence-corrected chi connectivity index (χ0v) is 14.8. The molecule has 1 heterocycles. The normalized spacial score (nSPS) is 15.4. The number of morpholine rings is 1. The molecule has 0 aliphatic carbocycles. The van der Waals surface area contributed by atoms with E-state index in [0.717, 1.165) is 50.8 Å². The van der Waals surface area contributed by atoms with Gasteiger partial charge in [-0.3, -0.25) is 4.90 Å². The smallest absolute Gasteiger partial charge is 0.141 e. The van der Waals surface area contributed by atoms with Gasteiger partial charge in [0.15, 0.2) is 0 Å². The van der Waals surface area contributed by atoms with Crippen LogP contribution in [0.3, 0.4) is 0 Å². The topological polar surface area (TPSA) is 30.9 Å². The van der Waals surface area contributed by atoms with Crippen molar-refractivity contribution in [3.05, 3.63) is 28.3 Å². The molecule has 0 bridgehead atoms. The highest BCUT2D eigenvalue weighted by Crippen LogP contribution is 2.30. The Kier molecular flexibility index (Phi) is 9.13. The molecule has 0 unspecified atom stereocenters. The minimum Gasteiger partial charge on any atom is -0.489 e. The van der Waals surface area contributed by atoms with Crippen molar-refractivity contribution >= 4 is 24.0 Å². The van der Waals surface area contributed by atoms with E-state index in [0.29, 0.717) is 18.2 Å². The maximum atomic E-state index is 6.16. The first-order valence-electron chi connectivity index (χ1n) is 7.45. The van der Waals surface area contributed by atoms with Crippen molar-refractivity contribution in [3.8, 4) is 5.75 Å². The maximum Gasteiger partial charge on any atom is 0.141 e. The highest BCUT2D eigenvalue weighted by atomic mass is 35.5. The van der Waals surface area contributed by atoms with E-state index in [9.17, 15) is 0 Å². The van der Waals surface area contributed by atoms with Crippen LogP contribution >= 0.6 is 24.0 Å². The molecule has 4 nitrogen and oxygen atoms in total. The van der Waals surface area contributed by atoms with Crippen LogP contribution in [-0.2, 0) is 9.47 Å². The molecule has 1 saturated heterocycles. The van der Waals surface area contributed by atoms with Crippen molar-refractivity contribution in [2.45, 2.75) is 13.8 Å². The number of halogens is 2. The Hall–Kier alpha value is -0.520. The first kappa shape index (κ1) is 19.5. The van der Waals surface area contributed by atoms with Gasteiger partial charge < -0.3 is 14.2 Å². The quantitative estimate of drug-likeness (QED) is 0.707. The summed E-state index contributed by atoms with van der Waals surface area (Å²) >= 11 is 6.16. The van der Waals surface area contributed by atoms with E-state index in [1.165, 1.54) is 5.56 Å². The Morgan fingerprint density at radius 3 is 2.59 bits per heavy atom. The van der Waals surface area contributed by atoms with Crippen LogP contribution in [0.2, 0.25) is 5.02 Å². The van der Waals surface area contributed by atoms with Crippen molar-refractivity contribution in [2.75, 3.05) is 52.7 Å². The van der Waals surface area contributed by atoms with Crippen LogP contribution in [0.25, 0.3) is 0 Å². The molecule has 22 heavy (non-hydrogen) atoms. The lowest BCUT2D eigenvalue weighted by Crippen LogP contribution is -2.38. The third-order valence-electron chi connectivity index (χ3n) is 3.76. The molecule has 1 fully saturated rings. The zero-order valence-electron chi connectivity index (χ0n) is 13.3. The van der Waals surface area contributed by atoms with Gasteiger partial charge in [-0.2, -0.15) is 0 Å². The molecule has 0 saturated carbocycles. The number of aryl methyl sites for hydroxylation is 1. The minimum atomic E-state index is 0. The number of ether oxygens (including phenoxy) is 3. The molecule has 126 valence electrons. The summed E-state index contributed by atoms with van der Waals surface area (Å²) in [7, 11) is 0. The Morgan fingerprint density at radius 2 is 1.86 bits per heavy atom. The highest BCUT2D eigenvalue weighted by Gasteiger charge is 2.10. The third-order valence-corrected chi connectivity index (χ3v) is 4.06. The summed E-state index contributed by atoms with van der Waals surface area (Å²) in [6, 6.07) is 3.88. The average molecular weight is 350 g/mol. The largest absolute Gasteiger partial charge is 0.489 e. The maximum absolute atomic E-state index is 6.16. The van der Waals surface area contributed by atoms with Gasteiger partial charge in [0.1, 0.15) is 12.4 Å². The lowest BCUT2D eigenvalue weighted by molar-refractivity contribution is 0.0170. The molecule has 6 heteroatoms. The van der Waals surface area contributed by atoms with E-state index in [1.807, 2.05) is 19.1 Å². The molecule has 1 aromatic carbocycles. The number of benzene rings is 1. The molecule has 0 radical (unpaired) electrons. The van der Waals surface area contributed by atoms with Gasteiger partial charge >= 0.3 is 0 Å². The van der Waals surface area contributed by atoms with Gasteiger partial charge in [-0.15, -0.1) is 12.4 Å². The van der Waals surface area contributed by atoms with Crippen LogP contribution in [0.5, 0.6) is 5.75 Å². The van der Waals surface area contributed by atoms with Crippen molar-refractivity contribution < 1.29 is 14.2 Å². The molecule has 0 atom stereocenters. The van der Waals surface area contributed by atoms with Gasteiger partial charge in [-0.05, 0) is 31.0 Å². The first-order valence-corrected chi connectivity index (χ1v) is 7.82. The van der Waals surface area contributed by atoms with Crippen LogP contribution in [0.15, 0.2) is 12.1 Å². The van der Waals surface area contributed by atoms with Crippen molar-refractivity contribution in [1.82, 2.24) is 4.90 Å². The second kappa shape index (κ2) is 10.3. The lowest BCUT2D eigenvalue weighted by Gasteiger charge is -2.26. The minimum absolute atomic E-state index is 0. The van der Waals surface area contributed by atoms with Crippen LogP contribution < -0.4 is 4.74 Å². The van der Waals surface area contributed by atoms with Gasteiger partial charge in [0.25, 0.3) is 0 Å². The van der Waals surface area contributed by atoms with Gasteiger partial charge in [-0.25, -0.2) is 0 Å². The van der Waals surface area contributed by atoms with E-state index < -0.39 is 0 Å².